The third-order valence-corrected chi connectivity index (χ3v) is 5.77. The molecule has 0 aromatic heterocycles. The number of imide groups is 1. The van der Waals surface area contributed by atoms with E-state index in [2.05, 4.69) is 6.58 Å². The molecule has 0 spiro atoms. The first-order chi connectivity index (χ1) is 17.6. The fourth-order valence-electron chi connectivity index (χ4n) is 4.08. The number of ether oxygens (including phenoxy) is 4. The van der Waals surface area contributed by atoms with E-state index in [0.717, 1.165) is 43.6 Å². The second-order valence-electron chi connectivity index (χ2n) is 8.35. The summed E-state index contributed by atoms with van der Waals surface area (Å²) in [5.41, 5.74) is 1.15. The Balaban J connectivity index is 0.00000176. The summed E-state index contributed by atoms with van der Waals surface area (Å²) in [5, 5.41) is 0.773. The van der Waals surface area contributed by atoms with Crippen molar-refractivity contribution < 1.29 is 33.4 Å². The molecule has 0 bridgehead atoms. The predicted octanol–water partition coefficient (Wildman–Crippen LogP) is 5.38. The Labute approximate surface area is 213 Å². The van der Waals surface area contributed by atoms with Gasteiger partial charge in [-0.15, -0.1) is 5.06 Å². The van der Waals surface area contributed by atoms with Crippen molar-refractivity contribution in [1.29, 1.82) is 0 Å². The lowest BCUT2D eigenvalue weighted by atomic mass is 10.1. The highest BCUT2D eigenvalue weighted by molar-refractivity contribution is 6.21. The molecule has 8 heteroatoms. The molecule has 2 unspecified atom stereocenters. The highest BCUT2D eigenvalue weighted by Crippen LogP contribution is 2.30. The molecule has 1 aromatic carbocycles. The Morgan fingerprint density at radius 2 is 1.47 bits per heavy atom. The van der Waals surface area contributed by atoms with E-state index in [4.69, 9.17) is 23.8 Å². The summed E-state index contributed by atoms with van der Waals surface area (Å²) >= 11 is 0. The number of carbonyl (C=O) groups excluding carboxylic acids is 2. The molecule has 1 aromatic rings. The standard InChI is InChI=1S/C26H31NO7.C2H6/c1-3-9-22-21(4-2)25(28)27(26(22)29)32-17-18-14-19(33-23-10-5-7-12-30-23)16-20(15-18)34-24-11-6-8-13-31-24;1-2/h3-4,9,14-16,23-24H,2,5-8,10-13,17H2,1H3;1-2H3/b9-3-;. The Kier molecular flexibility index (Phi) is 10.7. The summed E-state index contributed by atoms with van der Waals surface area (Å²) < 4.78 is 23.5. The molecule has 2 atom stereocenters. The summed E-state index contributed by atoms with van der Waals surface area (Å²) in [5.74, 6) is 0.0751. The van der Waals surface area contributed by atoms with Crippen molar-refractivity contribution in [2.24, 2.45) is 0 Å². The van der Waals surface area contributed by atoms with Gasteiger partial charge in [-0.05, 0) is 50.3 Å². The molecule has 0 radical (unpaired) electrons. The largest absolute Gasteiger partial charge is 0.465 e. The van der Waals surface area contributed by atoms with Crippen LogP contribution in [0.4, 0.5) is 0 Å². The molecule has 36 heavy (non-hydrogen) atoms. The van der Waals surface area contributed by atoms with Crippen molar-refractivity contribution in [3.63, 3.8) is 0 Å². The zero-order chi connectivity index (χ0) is 25.9. The monoisotopic (exact) mass is 499 g/mol. The molecule has 2 fully saturated rings. The fraction of sp³-hybridized carbons (Fsp3) is 0.500. The summed E-state index contributed by atoms with van der Waals surface area (Å²) in [4.78, 5) is 31.0. The quantitative estimate of drug-likeness (QED) is 0.422. The van der Waals surface area contributed by atoms with Gasteiger partial charge in [0, 0.05) is 18.9 Å². The average Bonchev–Trinajstić information content (AvgIpc) is 3.13. The van der Waals surface area contributed by atoms with Crippen LogP contribution in [-0.2, 0) is 30.5 Å². The lowest BCUT2D eigenvalue weighted by Gasteiger charge is -2.26. The van der Waals surface area contributed by atoms with Gasteiger partial charge in [-0.1, -0.05) is 38.7 Å². The maximum Gasteiger partial charge on any atom is 0.285 e. The SMILES string of the molecule is C=CC1=C(/C=C\C)C(=O)N(OCc2cc(OC3CCCCO3)cc(OC3CCCCO3)c2)C1=O.CC. The van der Waals surface area contributed by atoms with E-state index < -0.39 is 11.8 Å². The number of hydrogen-bond acceptors (Lipinski definition) is 7. The van der Waals surface area contributed by atoms with Crippen LogP contribution in [-0.4, -0.2) is 42.7 Å². The molecular formula is C28H37NO7. The lowest BCUT2D eigenvalue weighted by molar-refractivity contribution is -0.189. The van der Waals surface area contributed by atoms with Crippen molar-refractivity contribution in [2.75, 3.05) is 13.2 Å². The number of benzene rings is 1. The van der Waals surface area contributed by atoms with Crippen LogP contribution in [0.1, 0.15) is 64.9 Å². The molecule has 0 saturated carbocycles. The summed E-state index contributed by atoms with van der Waals surface area (Å²) in [7, 11) is 0. The van der Waals surface area contributed by atoms with Crippen molar-refractivity contribution in [3.05, 3.63) is 59.7 Å². The molecule has 3 heterocycles. The minimum Gasteiger partial charge on any atom is -0.465 e. The Bertz CT molecular complexity index is 934. The number of hydrogen-bond donors (Lipinski definition) is 0. The summed E-state index contributed by atoms with van der Waals surface area (Å²) in [6.07, 6.45) is 9.73. The topological polar surface area (TPSA) is 83.5 Å². The molecule has 2 amide bonds. The van der Waals surface area contributed by atoms with Crippen LogP contribution >= 0.6 is 0 Å². The Hall–Kier alpha value is -2.94. The number of rotatable bonds is 9. The van der Waals surface area contributed by atoms with Crippen LogP contribution in [0.3, 0.4) is 0 Å². The van der Waals surface area contributed by atoms with E-state index in [9.17, 15) is 9.59 Å². The van der Waals surface area contributed by atoms with Gasteiger partial charge in [0.05, 0.1) is 24.4 Å². The molecule has 2 saturated heterocycles. The molecule has 3 aliphatic rings. The molecular weight excluding hydrogens is 462 g/mol. The van der Waals surface area contributed by atoms with E-state index in [-0.39, 0.29) is 30.3 Å². The second kappa shape index (κ2) is 14.0. The van der Waals surface area contributed by atoms with E-state index in [1.165, 1.54) is 6.08 Å². The van der Waals surface area contributed by atoms with E-state index in [1.54, 1.807) is 37.3 Å². The number of hydroxylamine groups is 2. The van der Waals surface area contributed by atoms with Crippen LogP contribution in [0.2, 0.25) is 0 Å². The lowest BCUT2D eigenvalue weighted by Crippen LogP contribution is -2.31. The van der Waals surface area contributed by atoms with E-state index in [1.807, 2.05) is 13.8 Å². The number of carbonyl (C=O) groups is 2. The molecule has 4 rings (SSSR count). The molecule has 0 aliphatic carbocycles. The fourth-order valence-corrected chi connectivity index (χ4v) is 4.08. The Morgan fingerprint density at radius 1 is 0.917 bits per heavy atom. The summed E-state index contributed by atoms with van der Waals surface area (Å²) in [6.45, 7) is 10.7. The minimum atomic E-state index is -0.539. The van der Waals surface area contributed by atoms with Gasteiger partial charge in [0.15, 0.2) is 12.6 Å². The van der Waals surface area contributed by atoms with Gasteiger partial charge in [-0.25, -0.2) is 0 Å². The number of allylic oxidation sites excluding steroid dienone is 1. The van der Waals surface area contributed by atoms with Gasteiger partial charge >= 0.3 is 0 Å². The van der Waals surface area contributed by atoms with Gasteiger partial charge in [-0.3, -0.25) is 14.4 Å². The second-order valence-corrected chi connectivity index (χ2v) is 8.35. The zero-order valence-corrected chi connectivity index (χ0v) is 21.5. The van der Waals surface area contributed by atoms with Crippen LogP contribution in [0.5, 0.6) is 11.5 Å². The third kappa shape index (κ3) is 7.06. The first kappa shape index (κ1) is 27.6. The maximum absolute atomic E-state index is 12.7. The smallest absolute Gasteiger partial charge is 0.285 e. The van der Waals surface area contributed by atoms with Crippen molar-refractivity contribution in [2.45, 2.75) is 78.5 Å². The van der Waals surface area contributed by atoms with Gasteiger partial charge in [0.25, 0.3) is 11.8 Å². The van der Waals surface area contributed by atoms with Crippen LogP contribution in [0.15, 0.2) is 54.2 Å². The minimum absolute atomic E-state index is 0.0321. The number of amides is 2. The average molecular weight is 500 g/mol. The van der Waals surface area contributed by atoms with Crippen molar-refractivity contribution in [3.8, 4) is 11.5 Å². The van der Waals surface area contributed by atoms with Crippen LogP contribution < -0.4 is 9.47 Å². The molecule has 196 valence electrons. The normalized spacial score (nSPS) is 22.5. The maximum atomic E-state index is 12.7. The third-order valence-electron chi connectivity index (χ3n) is 5.77. The van der Waals surface area contributed by atoms with Gasteiger partial charge < -0.3 is 18.9 Å². The highest BCUT2D eigenvalue weighted by Gasteiger charge is 2.37. The highest BCUT2D eigenvalue weighted by atomic mass is 16.7. The van der Waals surface area contributed by atoms with Gasteiger partial charge in [0.2, 0.25) is 0 Å². The summed E-state index contributed by atoms with van der Waals surface area (Å²) in [6, 6.07) is 5.39. The van der Waals surface area contributed by atoms with Gasteiger partial charge in [0.1, 0.15) is 18.1 Å². The first-order valence-electron chi connectivity index (χ1n) is 12.8. The first-order valence-corrected chi connectivity index (χ1v) is 12.8. The predicted molar refractivity (Wildman–Crippen MR) is 135 cm³/mol. The molecule has 8 nitrogen and oxygen atoms in total. The zero-order valence-electron chi connectivity index (χ0n) is 21.5. The van der Waals surface area contributed by atoms with Gasteiger partial charge in [-0.2, -0.15) is 0 Å². The van der Waals surface area contributed by atoms with Crippen molar-refractivity contribution >= 4 is 11.8 Å². The van der Waals surface area contributed by atoms with Crippen LogP contribution in [0, 0.1) is 0 Å². The molecule has 3 aliphatic heterocycles. The van der Waals surface area contributed by atoms with E-state index in [0.29, 0.717) is 30.3 Å². The Morgan fingerprint density at radius 3 is 1.94 bits per heavy atom. The van der Waals surface area contributed by atoms with Crippen LogP contribution in [0.25, 0.3) is 0 Å². The van der Waals surface area contributed by atoms with E-state index >= 15 is 0 Å². The van der Waals surface area contributed by atoms with Crippen molar-refractivity contribution in [1.82, 2.24) is 5.06 Å². The number of nitrogens with zero attached hydrogens (tertiary/aromatic N) is 1. The molecule has 0 N–H and O–H groups in total.